The molecule has 4 aromatic rings. The Hall–Kier alpha value is -4.21. The van der Waals surface area contributed by atoms with E-state index in [4.69, 9.17) is 18.4 Å². The Kier molecular flexibility index (Phi) is 5.12. The second-order valence-electron chi connectivity index (χ2n) is 6.21. The summed E-state index contributed by atoms with van der Waals surface area (Å²) < 4.78 is 21.8. The van der Waals surface area contributed by atoms with Crippen LogP contribution in [0.25, 0.3) is 22.7 Å². The molecular formula is C20H16N4O6. The number of methoxy groups -OCH3 is 1. The van der Waals surface area contributed by atoms with Crippen molar-refractivity contribution < 1.29 is 23.3 Å². The molecule has 0 radical (unpaired) electrons. The molecule has 0 bridgehead atoms. The van der Waals surface area contributed by atoms with Crippen LogP contribution in [0.15, 0.2) is 57.5 Å². The van der Waals surface area contributed by atoms with Gasteiger partial charge >= 0.3 is 0 Å². The van der Waals surface area contributed by atoms with E-state index in [0.717, 1.165) is 5.56 Å². The minimum atomic E-state index is -0.517. The first kappa shape index (κ1) is 19.1. The van der Waals surface area contributed by atoms with Crippen molar-refractivity contribution >= 4 is 5.69 Å². The highest BCUT2D eigenvalue weighted by molar-refractivity contribution is 5.77. The van der Waals surface area contributed by atoms with E-state index >= 15 is 0 Å². The highest BCUT2D eigenvalue weighted by Gasteiger charge is 2.22. The largest absolute Gasteiger partial charge is 0.493 e. The monoisotopic (exact) mass is 408 g/mol. The molecule has 0 saturated heterocycles. The van der Waals surface area contributed by atoms with E-state index in [0.29, 0.717) is 22.8 Å². The number of aryl methyl sites for hydroxylation is 1. The first-order valence-electron chi connectivity index (χ1n) is 8.86. The molecule has 0 unspecified atom stereocenters. The summed E-state index contributed by atoms with van der Waals surface area (Å²) in [5.41, 5.74) is 1.91. The fraction of sp³-hybridized carbons (Fsp3) is 0.150. The molecule has 0 amide bonds. The van der Waals surface area contributed by atoms with Crippen LogP contribution in [0.4, 0.5) is 5.69 Å². The normalized spacial score (nSPS) is 10.7. The third-order valence-electron chi connectivity index (χ3n) is 4.30. The van der Waals surface area contributed by atoms with Crippen LogP contribution in [0.1, 0.15) is 11.7 Å². The van der Waals surface area contributed by atoms with E-state index in [1.165, 1.54) is 25.3 Å². The Morgan fingerprint density at radius 1 is 1.10 bits per heavy atom. The van der Waals surface area contributed by atoms with E-state index in [1.54, 1.807) is 6.92 Å². The van der Waals surface area contributed by atoms with Crippen LogP contribution >= 0.6 is 0 Å². The fourth-order valence-corrected chi connectivity index (χ4v) is 2.86. The predicted molar refractivity (Wildman–Crippen MR) is 104 cm³/mol. The van der Waals surface area contributed by atoms with Gasteiger partial charge in [0.05, 0.1) is 18.1 Å². The molecule has 2 aromatic heterocycles. The lowest BCUT2D eigenvalue weighted by Gasteiger charge is -2.08. The summed E-state index contributed by atoms with van der Waals surface area (Å²) in [6.45, 7) is 1.65. The fourth-order valence-electron chi connectivity index (χ4n) is 2.86. The first-order valence-corrected chi connectivity index (χ1v) is 8.86. The standard InChI is InChI=1S/C20H16N4O6/c1-12-18(19(23-30-12)13-6-4-3-5-7-13)20-22-21-17(29-20)11-28-16-10-14(24(25)26)8-9-15(16)27-2/h3-10H,11H2,1-2H3. The Bertz CT molecular complexity index is 1190. The van der Waals surface area contributed by atoms with Gasteiger partial charge in [-0.2, -0.15) is 0 Å². The second kappa shape index (κ2) is 8.03. The average Bonchev–Trinajstić information content (AvgIpc) is 3.38. The van der Waals surface area contributed by atoms with Crippen molar-refractivity contribution in [1.82, 2.24) is 15.4 Å². The van der Waals surface area contributed by atoms with Gasteiger partial charge in [0, 0.05) is 11.6 Å². The third-order valence-corrected chi connectivity index (χ3v) is 4.30. The number of aromatic nitrogens is 3. The van der Waals surface area contributed by atoms with Crippen LogP contribution in [0.2, 0.25) is 0 Å². The molecule has 10 heteroatoms. The Morgan fingerprint density at radius 2 is 1.90 bits per heavy atom. The van der Waals surface area contributed by atoms with Crippen LogP contribution in [0.3, 0.4) is 0 Å². The highest BCUT2D eigenvalue weighted by atomic mass is 16.6. The average molecular weight is 408 g/mol. The molecule has 30 heavy (non-hydrogen) atoms. The Balaban J connectivity index is 1.58. The van der Waals surface area contributed by atoms with Crippen molar-refractivity contribution in [1.29, 1.82) is 0 Å². The van der Waals surface area contributed by atoms with Gasteiger partial charge in [0.15, 0.2) is 18.1 Å². The van der Waals surface area contributed by atoms with Crippen LogP contribution in [-0.2, 0) is 6.61 Å². The summed E-state index contributed by atoms with van der Waals surface area (Å²) in [5.74, 6) is 1.49. The summed E-state index contributed by atoms with van der Waals surface area (Å²) in [4.78, 5) is 10.5. The van der Waals surface area contributed by atoms with E-state index in [-0.39, 0.29) is 29.8 Å². The molecule has 2 aromatic carbocycles. The van der Waals surface area contributed by atoms with Crippen LogP contribution < -0.4 is 9.47 Å². The zero-order valence-corrected chi connectivity index (χ0v) is 16.1. The first-order chi connectivity index (χ1) is 14.6. The Morgan fingerprint density at radius 3 is 2.63 bits per heavy atom. The summed E-state index contributed by atoms with van der Waals surface area (Å²) >= 11 is 0. The summed E-state index contributed by atoms with van der Waals surface area (Å²) in [6, 6.07) is 13.5. The van der Waals surface area contributed by atoms with Gasteiger partial charge in [-0.3, -0.25) is 10.1 Å². The van der Waals surface area contributed by atoms with Gasteiger partial charge in [-0.1, -0.05) is 35.5 Å². The van der Waals surface area contributed by atoms with E-state index in [2.05, 4.69) is 15.4 Å². The van der Waals surface area contributed by atoms with Crippen molar-refractivity contribution in [2.24, 2.45) is 0 Å². The van der Waals surface area contributed by atoms with Gasteiger partial charge in [-0.25, -0.2) is 0 Å². The number of ether oxygens (including phenoxy) is 2. The maximum atomic E-state index is 11.0. The number of benzene rings is 2. The van der Waals surface area contributed by atoms with Gasteiger partial charge in [-0.05, 0) is 13.0 Å². The topological polar surface area (TPSA) is 127 Å². The highest BCUT2D eigenvalue weighted by Crippen LogP contribution is 2.34. The minimum absolute atomic E-state index is 0.102. The van der Waals surface area contributed by atoms with Crippen molar-refractivity contribution in [2.75, 3.05) is 7.11 Å². The number of nitro groups is 1. The summed E-state index contributed by atoms with van der Waals surface area (Å²) in [7, 11) is 1.44. The summed E-state index contributed by atoms with van der Waals surface area (Å²) in [5, 5.41) is 23.2. The lowest BCUT2D eigenvalue weighted by atomic mass is 10.1. The molecule has 2 heterocycles. The SMILES string of the molecule is COc1ccc([N+](=O)[O-])cc1OCc1nnc(-c2c(-c3ccccc3)noc2C)o1. The number of rotatable bonds is 7. The molecule has 10 nitrogen and oxygen atoms in total. The lowest BCUT2D eigenvalue weighted by molar-refractivity contribution is -0.385. The maximum Gasteiger partial charge on any atom is 0.273 e. The van der Waals surface area contributed by atoms with Gasteiger partial charge in [0.1, 0.15) is 17.0 Å². The van der Waals surface area contributed by atoms with Crippen LogP contribution in [0, 0.1) is 17.0 Å². The lowest BCUT2D eigenvalue weighted by Crippen LogP contribution is -1.99. The number of hydrogen-bond acceptors (Lipinski definition) is 9. The van der Waals surface area contributed by atoms with Crippen molar-refractivity contribution in [3.05, 3.63) is 70.3 Å². The molecule has 0 fully saturated rings. The maximum absolute atomic E-state index is 11.0. The molecule has 152 valence electrons. The molecule has 0 aliphatic heterocycles. The second-order valence-corrected chi connectivity index (χ2v) is 6.21. The van der Waals surface area contributed by atoms with Gasteiger partial charge in [-0.15, -0.1) is 10.2 Å². The minimum Gasteiger partial charge on any atom is -0.493 e. The van der Waals surface area contributed by atoms with Crippen LogP contribution in [-0.4, -0.2) is 27.4 Å². The summed E-state index contributed by atoms with van der Waals surface area (Å²) in [6.07, 6.45) is 0. The predicted octanol–water partition coefficient (Wildman–Crippen LogP) is 4.20. The quantitative estimate of drug-likeness (QED) is 0.326. The molecule has 0 atom stereocenters. The molecule has 0 saturated carbocycles. The van der Waals surface area contributed by atoms with Crippen molar-refractivity contribution in [3.8, 4) is 34.2 Å². The third kappa shape index (κ3) is 3.70. The molecule has 0 aliphatic rings. The zero-order chi connectivity index (χ0) is 21.1. The van der Waals surface area contributed by atoms with Crippen molar-refractivity contribution in [3.63, 3.8) is 0 Å². The number of nitrogens with zero attached hydrogens (tertiary/aromatic N) is 4. The smallest absolute Gasteiger partial charge is 0.273 e. The molecule has 4 rings (SSSR count). The van der Waals surface area contributed by atoms with Crippen molar-refractivity contribution in [2.45, 2.75) is 13.5 Å². The molecule has 0 N–H and O–H groups in total. The van der Waals surface area contributed by atoms with Gasteiger partial charge in [0.25, 0.3) is 17.5 Å². The van der Waals surface area contributed by atoms with E-state index in [9.17, 15) is 10.1 Å². The van der Waals surface area contributed by atoms with E-state index in [1.807, 2.05) is 30.3 Å². The number of nitro benzene ring substituents is 1. The molecule has 0 spiro atoms. The number of hydrogen-bond donors (Lipinski definition) is 0. The van der Waals surface area contributed by atoms with Gasteiger partial charge in [0.2, 0.25) is 0 Å². The zero-order valence-electron chi connectivity index (χ0n) is 16.1. The molecular weight excluding hydrogens is 392 g/mol. The Labute approximate surface area is 170 Å². The van der Waals surface area contributed by atoms with E-state index < -0.39 is 4.92 Å². The molecule has 0 aliphatic carbocycles. The van der Waals surface area contributed by atoms with Crippen LogP contribution in [0.5, 0.6) is 11.5 Å². The number of non-ortho nitro benzene ring substituents is 1. The van der Waals surface area contributed by atoms with Gasteiger partial charge < -0.3 is 18.4 Å².